The molecule has 2 N–H and O–H groups in total. The number of rotatable bonds is 6. The molecular weight excluding hydrogens is 210 g/mol. The van der Waals surface area contributed by atoms with Crippen LogP contribution in [0.1, 0.15) is 58.8 Å². The average molecular weight is 239 g/mol. The second-order valence-electron chi connectivity index (χ2n) is 6.65. The van der Waals surface area contributed by atoms with E-state index in [1.165, 1.54) is 38.5 Å². The van der Waals surface area contributed by atoms with Crippen LogP contribution in [-0.2, 0) is 0 Å². The molecule has 2 aliphatic rings. The summed E-state index contributed by atoms with van der Waals surface area (Å²) in [7, 11) is 0. The van der Waals surface area contributed by atoms with Crippen molar-refractivity contribution in [2.75, 3.05) is 13.2 Å². The van der Waals surface area contributed by atoms with Crippen molar-refractivity contribution in [3.8, 4) is 0 Å². The molecule has 2 rings (SSSR count). The molecule has 0 aromatic carbocycles. The fourth-order valence-corrected chi connectivity index (χ4v) is 3.49. The molecule has 2 atom stereocenters. The third-order valence-electron chi connectivity index (χ3n) is 5.01. The van der Waals surface area contributed by atoms with E-state index in [-0.39, 0.29) is 0 Å². The summed E-state index contributed by atoms with van der Waals surface area (Å²) in [6.45, 7) is 6.23. The normalized spacial score (nSPS) is 31.8. The summed E-state index contributed by atoms with van der Waals surface area (Å²) in [6.07, 6.45) is 9.22. The molecule has 0 aromatic heterocycles. The zero-order chi connectivity index (χ0) is 12.3. The molecule has 2 heteroatoms. The second-order valence-corrected chi connectivity index (χ2v) is 6.65. The van der Waals surface area contributed by atoms with Crippen LogP contribution in [0.25, 0.3) is 0 Å². The topological polar surface area (TPSA) is 32.3 Å². The van der Waals surface area contributed by atoms with Gasteiger partial charge in [-0.25, -0.2) is 0 Å². The van der Waals surface area contributed by atoms with Gasteiger partial charge in [0.05, 0.1) is 0 Å². The summed E-state index contributed by atoms with van der Waals surface area (Å²) in [5.41, 5.74) is 0.466. The first-order valence-corrected chi connectivity index (χ1v) is 7.51. The summed E-state index contributed by atoms with van der Waals surface area (Å²) in [4.78, 5) is 0. The molecular formula is C15H29NO. The summed E-state index contributed by atoms with van der Waals surface area (Å²) in [5.74, 6) is 1.68. The first-order chi connectivity index (χ1) is 8.17. The SMILES string of the molecule is CC(C)C1CCCCC1NCC1(CCO)CC1. The average Bonchev–Trinajstić information content (AvgIpc) is 3.08. The van der Waals surface area contributed by atoms with E-state index in [4.69, 9.17) is 5.11 Å². The van der Waals surface area contributed by atoms with E-state index in [9.17, 15) is 0 Å². The fraction of sp³-hybridized carbons (Fsp3) is 1.00. The highest BCUT2D eigenvalue weighted by molar-refractivity contribution is 4.96. The van der Waals surface area contributed by atoms with E-state index in [0.29, 0.717) is 12.0 Å². The van der Waals surface area contributed by atoms with Crippen molar-refractivity contribution in [3.63, 3.8) is 0 Å². The van der Waals surface area contributed by atoms with Crippen LogP contribution < -0.4 is 5.32 Å². The first kappa shape index (κ1) is 13.4. The van der Waals surface area contributed by atoms with Crippen molar-refractivity contribution >= 4 is 0 Å². The van der Waals surface area contributed by atoms with Crippen LogP contribution in [0.2, 0.25) is 0 Å². The monoisotopic (exact) mass is 239 g/mol. The van der Waals surface area contributed by atoms with E-state index in [1.807, 2.05) is 0 Å². The van der Waals surface area contributed by atoms with E-state index in [2.05, 4.69) is 19.2 Å². The van der Waals surface area contributed by atoms with Gasteiger partial charge in [0.15, 0.2) is 0 Å². The lowest BCUT2D eigenvalue weighted by Crippen LogP contribution is -2.43. The van der Waals surface area contributed by atoms with Gasteiger partial charge < -0.3 is 10.4 Å². The lowest BCUT2D eigenvalue weighted by atomic mass is 9.77. The Labute approximate surface area is 106 Å². The largest absolute Gasteiger partial charge is 0.396 e. The highest BCUT2D eigenvalue weighted by Crippen LogP contribution is 2.48. The van der Waals surface area contributed by atoms with Crippen molar-refractivity contribution in [2.45, 2.75) is 64.8 Å². The van der Waals surface area contributed by atoms with Crippen molar-refractivity contribution in [1.29, 1.82) is 0 Å². The number of aliphatic hydroxyl groups is 1. The molecule has 2 unspecified atom stereocenters. The van der Waals surface area contributed by atoms with Gasteiger partial charge in [-0.3, -0.25) is 0 Å². The number of hydrogen-bond donors (Lipinski definition) is 2. The Balaban J connectivity index is 1.80. The van der Waals surface area contributed by atoms with Gasteiger partial charge in [-0.2, -0.15) is 0 Å². The number of hydrogen-bond acceptors (Lipinski definition) is 2. The lowest BCUT2D eigenvalue weighted by Gasteiger charge is -2.36. The Hall–Kier alpha value is -0.0800. The van der Waals surface area contributed by atoms with Gasteiger partial charge in [0.1, 0.15) is 0 Å². The van der Waals surface area contributed by atoms with Crippen molar-refractivity contribution in [3.05, 3.63) is 0 Å². The molecule has 17 heavy (non-hydrogen) atoms. The van der Waals surface area contributed by atoms with Gasteiger partial charge in [0.25, 0.3) is 0 Å². The molecule has 0 heterocycles. The Morgan fingerprint density at radius 3 is 2.53 bits per heavy atom. The molecule has 0 spiro atoms. The molecule has 0 saturated heterocycles. The van der Waals surface area contributed by atoms with E-state index < -0.39 is 0 Å². The van der Waals surface area contributed by atoms with Crippen molar-refractivity contribution in [1.82, 2.24) is 5.32 Å². The van der Waals surface area contributed by atoms with Crippen LogP contribution in [0.5, 0.6) is 0 Å². The van der Waals surface area contributed by atoms with E-state index >= 15 is 0 Å². The predicted molar refractivity (Wildman–Crippen MR) is 72.0 cm³/mol. The zero-order valence-electron chi connectivity index (χ0n) is 11.5. The molecule has 0 bridgehead atoms. The molecule has 0 amide bonds. The van der Waals surface area contributed by atoms with Crippen LogP contribution in [0, 0.1) is 17.3 Å². The lowest BCUT2D eigenvalue weighted by molar-refractivity contribution is 0.187. The van der Waals surface area contributed by atoms with Crippen LogP contribution in [0.15, 0.2) is 0 Å². The van der Waals surface area contributed by atoms with Crippen LogP contribution in [-0.4, -0.2) is 24.3 Å². The molecule has 0 aromatic rings. The Bertz CT molecular complexity index is 235. The van der Waals surface area contributed by atoms with Gasteiger partial charge in [0, 0.05) is 19.2 Å². The molecule has 2 saturated carbocycles. The molecule has 2 fully saturated rings. The summed E-state index contributed by atoms with van der Waals surface area (Å²) >= 11 is 0. The Morgan fingerprint density at radius 2 is 1.94 bits per heavy atom. The van der Waals surface area contributed by atoms with Gasteiger partial charge in [-0.1, -0.05) is 26.7 Å². The van der Waals surface area contributed by atoms with Crippen LogP contribution in [0.3, 0.4) is 0 Å². The number of aliphatic hydroxyl groups excluding tert-OH is 1. The predicted octanol–water partition coefficient (Wildman–Crippen LogP) is 2.95. The van der Waals surface area contributed by atoms with Crippen LogP contribution >= 0.6 is 0 Å². The minimum atomic E-state index is 0.361. The number of nitrogens with one attached hydrogen (secondary N) is 1. The zero-order valence-corrected chi connectivity index (χ0v) is 11.5. The summed E-state index contributed by atoms with van der Waals surface area (Å²) < 4.78 is 0. The smallest absolute Gasteiger partial charge is 0.0436 e. The molecule has 2 aliphatic carbocycles. The quantitative estimate of drug-likeness (QED) is 0.747. The summed E-state index contributed by atoms with van der Waals surface area (Å²) in [6, 6.07) is 0.736. The Kier molecular flexibility index (Phi) is 4.48. The molecule has 2 nitrogen and oxygen atoms in total. The third kappa shape index (κ3) is 3.45. The third-order valence-corrected chi connectivity index (χ3v) is 5.01. The Morgan fingerprint density at radius 1 is 1.24 bits per heavy atom. The van der Waals surface area contributed by atoms with Crippen LogP contribution in [0.4, 0.5) is 0 Å². The maximum absolute atomic E-state index is 9.09. The summed E-state index contributed by atoms with van der Waals surface area (Å²) in [5, 5.41) is 12.9. The molecule has 0 aliphatic heterocycles. The maximum Gasteiger partial charge on any atom is 0.0436 e. The highest BCUT2D eigenvalue weighted by Gasteiger charge is 2.42. The van der Waals surface area contributed by atoms with E-state index in [0.717, 1.165) is 30.8 Å². The minimum absolute atomic E-state index is 0.361. The fourth-order valence-electron chi connectivity index (χ4n) is 3.49. The van der Waals surface area contributed by atoms with Crippen molar-refractivity contribution < 1.29 is 5.11 Å². The first-order valence-electron chi connectivity index (χ1n) is 7.51. The maximum atomic E-state index is 9.09. The van der Waals surface area contributed by atoms with E-state index in [1.54, 1.807) is 0 Å². The van der Waals surface area contributed by atoms with Gasteiger partial charge in [0.2, 0.25) is 0 Å². The standard InChI is InChI=1S/C15H29NO/c1-12(2)13-5-3-4-6-14(13)16-11-15(7-8-15)9-10-17/h12-14,16-17H,3-11H2,1-2H3. The second kappa shape index (κ2) is 5.71. The molecule has 100 valence electrons. The molecule has 0 radical (unpaired) electrons. The van der Waals surface area contributed by atoms with Gasteiger partial charge in [-0.15, -0.1) is 0 Å². The van der Waals surface area contributed by atoms with Crippen molar-refractivity contribution in [2.24, 2.45) is 17.3 Å². The van der Waals surface area contributed by atoms with Gasteiger partial charge >= 0.3 is 0 Å². The minimum Gasteiger partial charge on any atom is -0.396 e. The van der Waals surface area contributed by atoms with Gasteiger partial charge in [-0.05, 0) is 49.4 Å². The highest BCUT2D eigenvalue weighted by atomic mass is 16.3.